The number of benzene rings is 1. The average molecular weight is 362 g/mol. The van der Waals surface area contributed by atoms with Crippen molar-refractivity contribution in [3.63, 3.8) is 0 Å². The van der Waals surface area contributed by atoms with Crippen LogP contribution in [0.2, 0.25) is 0 Å². The Morgan fingerprint density at radius 1 is 1.27 bits per heavy atom. The van der Waals surface area contributed by atoms with Gasteiger partial charge in [-0.2, -0.15) is 0 Å². The van der Waals surface area contributed by atoms with Gasteiger partial charge in [0, 0.05) is 19.2 Å². The number of nitrogens with zero attached hydrogens (tertiary/aromatic N) is 2. The third-order valence-corrected chi connectivity index (χ3v) is 5.60. The van der Waals surface area contributed by atoms with Gasteiger partial charge in [0.15, 0.2) is 6.61 Å². The van der Waals surface area contributed by atoms with Crippen LogP contribution in [0.3, 0.4) is 0 Å². The molecule has 3 rings (SSSR count). The summed E-state index contributed by atoms with van der Waals surface area (Å²) in [5.74, 6) is 1.34. The fraction of sp³-hybridized carbons (Fsp3) is 0.667. The van der Waals surface area contributed by atoms with E-state index >= 15 is 0 Å². The Labute approximate surface area is 156 Å². The van der Waals surface area contributed by atoms with Crippen LogP contribution in [0.25, 0.3) is 0 Å². The van der Waals surface area contributed by atoms with Gasteiger partial charge in [-0.05, 0) is 49.9 Å². The third kappa shape index (κ3) is 4.76. The Bertz CT molecular complexity index is 614. The van der Waals surface area contributed by atoms with Gasteiger partial charge in [0.2, 0.25) is 0 Å². The lowest BCUT2D eigenvalue weighted by molar-refractivity contribution is -0.121. The van der Waals surface area contributed by atoms with Gasteiger partial charge in [-0.3, -0.25) is 4.79 Å². The smallest absolute Gasteiger partial charge is 0.265 e. The van der Waals surface area contributed by atoms with Crippen molar-refractivity contribution in [1.29, 1.82) is 0 Å². The molecule has 1 aromatic rings. The van der Waals surface area contributed by atoms with E-state index in [4.69, 9.17) is 4.74 Å². The molecule has 0 saturated carbocycles. The van der Waals surface area contributed by atoms with Crippen LogP contribution in [0.15, 0.2) is 18.2 Å². The van der Waals surface area contributed by atoms with Crippen molar-refractivity contribution < 1.29 is 13.9 Å². The summed E-state index contributed by atoms with van der Waals surface area (Å²) in [6, 6.07) is 4.40. The molecule has 1 amide bonds. The number of amides is 1. The molecule has 5 heteroatoms. The Morgan fingerprint density at radius 3 is 2.77 bits per heavy atom. The monoisotopic (exact) mass is 362 g/mol. The van der Waals surface area contributed by atoms with Crippen molar-refractivity contribution in [3.05, 3.63) is 24.0 Å². The van der Waals surface area contributed by atoms with Crippen LogP contribution in [0.1, 0.15) is 46.0 Å². The van der Waals surface area contributed by atoms with Gasteiger partial charge in [-0.25, -0.2) is 4.39 Å². The van der Waals surface area contributed by atoms with Crippen LogP contribution in [0, 0.1) is 17.7 Å². The largest absolute Gasteiger partial charge is 0.481 e. The molecule has 2 aliphatic rings. The summed E-state index contributed by atoms with van der Waals surface area (Å²) in [6.45, 7) is 8.42. The Balaban J connectivity index is 1.52. The number of halogens is 1. The van der Waals surface area contributed by atoms with E-state index in [0.717, 1.165) is 25.6 Å². The fourth-order valence-electron chi connectivity index (χ4n) is 4.14. The van der Waals surface area contributed by atoms with Crippen LogP contribution in [-0.2, 0) is 4.79 Å². The van der Waals surface area contributed by atoms with Gasteiger partial charge in [0.1, 0.15) is 11.6 Å². The van der Waals surface area contributed by atoms with E-state index in [1.54, 1.807) is 11.0 Å². The van der Waals surface area contributed by atoms with E-state index in [1.165, 1.54) is 44.2 Å². The lowest BCUT2D eigenvalue weighted by Crippen LogP contribution is -2.44. The molecule has 26 heavy (non-hydrogen) atoms. The minimum absolute atomic E-state index is 0.00794. The van der Waals surface area contributed by atoms with Gasteiger partial charge in [0.05, 0.1) is 5.69 Å². The van der Waals surface area contributed by atoms with Crippen molar-refractivity contribution in [2.24, 2.45) is 11.8 Å². The SMILES string of the molecule is CCCCC1CCN(CC(C)CN2C(=O)COc3cc(F)ccc32)CC1. The molecule has 2 heterocycles. The number of rotatable bonds is 7. The van der Waals surface area contributed by atoms with E-state index in [-0.39, 0.29) is 18.3 Å². The summed E-state index contributed by atoms with van der Waals surface area (Å²) in [5.41, 5.74) is 0.688. The zero-order valence-corrected chi connectivity index (χ0v) is 16.0. The minimum Gasteiger partial charge on any atom is -0.481 e. The Hall–Kier alpha value is -1.62. The highest BCUT2D eigenvalue weighted by molar-refractivity contribution is 5.97. The van der Waals surface area contributed by atoms with Crippen LogP contribution in [0.5, 0.6) is 5.75 Å². The van der Waals surface area contributed by atoms with E-state index in [2.05, 4.69) is 18.7 Å². The second-order valence-electron chi connectivity index (χ2n) is 7.90. The van der Waals surface area contributed by atoms with Gasteiger partial charge in [-0.1, -0.05) is 33.1 Å². The maximum absolute atomic E-state index is 13.4. The predicted octanol–water partition coefficient (Wildman–Crippen LogP) is 4.09. The van der Waals surface area contributed by atoms with Gasteiger partial charge < -0.3 is 14.5 Å². The second-order valence-corrected chi connectivity index (χ2v) is 7.90. The average Bonchev–Trinajstić information content (AvgIpc) is 2.63. The van der Waals surface area contributed by atoms with E-state index in [9.17, 15) is 9.18 Å². The molecular formula is C21H31FN2O2. The number of ether oxygens (including phenoxy) is 1. The number of anilines is 1. The lowest BCUT2D eigenvalue weighted by atomic mass is 9.91. The normalized spacial score (nSPS) is 20.0. The number of likely N-dealkylation sites (tertiary alicyclic amines) is 1. The standard InChI is InChI=1S/C21H31FN2O2/c1-3-4-5-17-8-10-23(11-9-17)13-16(2)14-24-19-7-6-18(22)12-20(19)26-15-21(24)25/h6-7,12,16-17H,3-5,8-11,13-15H2,1-2H3. The molecule has 0 radical (unpaired) electrons. The molecular weight excluding hydrogens is 331 g/mol. The molecule has 1 unspecified atom stereocenters. The summed E-state index contributed by atoms with van der Waals surface area (Å²) < 4.78 is 18.8. The first-order valence-corrected chi connectivity index (χ1v) is 10.0. The summed E-state index contributed by atoms with van der Waals surface area (Å²) in [5, 5.41) is 0. The number of carbonyl (C=O) groups is 1. The summed E-state index contributed by atoms with van der Waals surface area (Å²) in [4.78, 5) is 16.6. The van der Waals surface area contributed by atoms with Gasteiger partial charge in [-0.15, -0.1) is 0 Å². The Kier molecular flexibility index (Phi) is 6.52. The number of fused-ring (bicyclic) bond motifs is 1. The quantitative estimate of drug-likeness (QED) is 0.732. The molecule has 1 saturated heterocycles. The fourth-order valence-corrected chi connectivity index (χ4v) is 4.14. The highest BCUT2D eigenvalue weighted by Gasteiger charge is 2.28. The lowest BCUT2D eigenvalue weighted by Gasteiger charge is -2.36. The molecule has 1 atom stereocenters. The predicted molar refractivity (Wildman–Crippen MR) is 102 cm³/mol. The molecule has 4 nitrogen and oxygen atoms in total. The van der Waals surface area contributed by atoms with Gasteiger partial charge in [0.25, 0.3) is 5.91 Å². The zero-order chi connectivity index (χ0) is 18.5. The highest BCUT2D eigenvalue weighted by Crippen LogP contribution is 2.33. The zero-order valence-electron chi connectivity index (χ0n) is 16.0. The van der Waals surface area contributed by atoms with Crippen molar-refractivity contribution in [3.8, 4) is 5.75 Å². The summed E-state index contributed by atoms with van der Waals surface area (Å²) in [6.07, 6.45) is 6.60. The first kappa shape index (κ1) is 19.2. The summed E-state index contributed by atoms with van der Waals surface area (Å²) >= 11 is 0. The van der Waals surface area contributed by atoms with Crippen molar-refractivity contribution in [2.75, 3.05) is 37.7 Å². The van der Waals surface area contributed by atoms with Crippen molar-refractivity contribution in [2.45, 2.75) is 46.0 Å². The van der Waals surface area contributed by atoms with E-state index in [0.29, 0.717) is 23.9 Å². The van der Waals surface area contributed by atoms with Crippen LogP contribution in [0.4, 0.5) is 10.1 Å². The van der Waals surface area contributed by atoms with Crippen LogP contribution in [-0.4, -0.2) is 43.6 Å². The maximum Gasteiger partial charge on any atom is 0.265 e. The number of hydrogen-bond donors (Lipinski definition) is 0. The van der Waals surface area contributed by atoms with Crippen molar-refractivity contribution in [1.82, 2.24) is 4.90 Å². The number of carbonyl (C=O) groups excluding carboxylic acids is 1. The molecule has 0 N–H and O–H groups in total. The summed E-state index contributed by atoms with van der Waals surface area (Å²) in [7, 11) is 0. The molecule has 2 aliphatic heterocycles. The Morgan fingerprint density at radius 2 is 2.04 bits per heavy atom. The molecule has 1 fully saturated rings. The van der Waals surface area contributed by atoms with E-state index < -0.39 is 0 Å². The molecule has 0 aliphatic carbocycles. The first-order chi connectivity index (χ1) is 12.6. The topological polar surface area (TPSA) is 32.8 Å². The first-order valence-electron chi connectivity index (χ1n) is 10.0. The van der Waals surface area contributed by atoms with Crippen LogP contribution >= 0.6 is 0 Å². The third-order valence-electron chi connectivity index (χ3n) is 5.60. The second kappa shape index (κ2) is 8.85. The molecule has 0 spiro atoms. The van der Waals surface area contributed by atoms with E-state index in [1.807, 2.05) is 0 Å². The molecule has 144 valence electrons. The molecule has 0 bridgehead atoms. The molecule has 0 aromatic heterocycles. The highest BCUT2D eigenvalue weighted by atomic mass is 19.1. The molecule has 1 aromatic carbocycles. The number of piperidine rings is 1. The minimum atomic E-state index is -0.336. The van der Waals surface area contributed by atoms with Crippen LogP contribution < -0.4 is 9.64 Å². The van der Waals surface area contributed by atoms with Gasteiger partial charge >= 0.3 is 0 Å². The number of unbranched alkanes of at least 4 members (excludes halogenated alkanes) is 1. The maximum atomic E-state index is 13.4. The van der Waals surface area contributed by atoms with Crippen molar-refractivity contribution >= 4 is 11.6 Å². The number of hydrogen-bond acceptors (Lipinski definition) is 3.